The first-order valence-electron chi connectivity index (χ1n) is 8.75. The molecule has 6 nitrogen and oxygen atoms in total. The van der Waals surface area contributed by atoms with Crippen LogP contribution in [-0.2, 0) is 4.74 Å². The molecule has 1 aromatic heterocycles. The van der Waals surface area contributed by atoms with Crippen LogP contribution in [0, 0.1) is 5.92 Å². The number of carbonyl (C=O) groups excluding carboxylic acids is 1. The molecular weight excluding hydrogens is 306 g/mol. The van der Waals surface area contributed by atoms with Gasteiger partial charge in [-0.2, -0.15) is 0 Å². The van der Waals surface area contributed by atoms with E-state index < -0.39 is 0 Å². The Kier molecular flexibility index (Phi) is 4.38. The first kappa shape index (κ1) is 15.4. The van der Waals surface area contributed by atoms with Crippen molar-refractivity contribution in [3.8, 4) is 0 Å². The van der Waals surface area contributed by atoms with Crippen LogP contribution in [0.25, 0.3) is 11.1 Å². The molecule has 2 aliphatic heterocycles. The van der Waals surface area contributed by atoms with E-state index in [-0.39, 0.29) is 11.9 Å². The molecule has 128 valence electrons. The molecular formula is C18H23N3O3. The van der Waals surface area contributed by atoms with E-state index in [9.17, 15) is 4.79 Å². The summed E-state index contributed by atoms with van der Waals surface area (Å²) in [5.74, 6) is 1.37. The molecule has 1 aromatic carbocycles. The standard InChI is InChI=1S/C18H23N3O3/c22-18(19-10-13-7-9-23-12-13)21-8-3-4-14(11-21)17-20-15-5-1-2-6-16(15)24-17/h1-2,5-6,13-14H,3-4,7-12H2,(H,19,22)/t13-,14-/m1/s1. The highest BCUT2D eigenvalue weighted by atomic mass is 16.5. The van der Waals surface area contributed by atoms with Crippen LogP contribution in [0.3, 0.4) is 0 Å². The number of fused-ring (bicyclic) bond motifs is 1. The fraction of sp³-hybridized carbons (Fsp3) is 0.556. The topological polar surface area (TPSA) is 67.6 Å². The van der Waals surface area contributed by atoms with Gasteiger partial charge in [0, 0.05) is 32.2 Å². The number of amides is 2. The number of para-hydroxylation sites is 2. The highest BCUT2D eigenvalue weighted by Gasteiger charge is 2.28. The number of hydrogen-bond donors (Lipinski definition) is 1. The molecule has 2 amide bonds. The zero-order valence-corrected chi connectivity index (χ0v) is 13.7. The molecule has 1 N–H and O–H groups in total. The quantitative estimate of drug-likeness (QED) is 0.940. The number of likely N-dealkylation sites (tertiary alicyclic amines) is 1. The maximum absolute atomic E-state index is 12.4. The molecule has 0 bridgehead atoms. The van der Waals surface area contributed by atoms with Crippen LogP contribution >= 0.6 is 0 Å². The van der Waals surface area contributed by atoms with Crippen molar-refractivity contribution < 1.29 is 13.9 Å². The second kappa shape index (κ2) is 6.81. The lowest BCUT2D eigenvalue weighted by atomic mass is 9.98. The van der Waals surface area contributed by atoms with E-state index in [1.54, 1.807) is 0 Å². The van der Waals surface area contributed by atoms with E-state index in [1.807, 2.05) is 29.2 Å². The number of oxazole rings is 1. The highest BCUT2D eigenvalue weighted by molar-refractivity contribution is 5.74. The number of nitrogens with zero attached hydrogens (tertiary/aromatic N) is 2. The zero-order valence-electron chi connectivity index (χ0n) is 13.7. The second-order valence-corrected chi connectivity index (χ2v) is 6.72. The molecule has 2 atom stereocenters. The van der Waals surface area contributed by atoms with E-state index in [4.69, 9.17) is 9.15 Å². The van der Waals surface area contributed by atoms with Crippen LogP contribution in [0.1, 0.15) is 31.1 Å². The van der Waals surface area contributed by atoms with Crippen molar-refractivity contribution in [1.82, 2.24) is 15.2 Å². The molecule has 0 spiro atoms. The van der Waals surface area contributed by atoms with E-state index in [0.29, 0.717) is 19.0 Å². The van der Waals surface area contributed by atoms with E-state index in [0.717, 1.165) is 56.0 Å². The number of benzene rings is 1. The van der Waals surface area contributed by atoms with Gasteiger partial charge in [-0.15, -0.1) is 0 Å². The van der Waals surface area contributed by atoms with Crippen LogP contribution < -0.4 is 5.32 Å². The molecule has 24 heavy (non-hydrogen) atoms. The summed E-state index contributed by atoms with van der Waals surface area (Å²) in [4.78, 5) is 18.9. The third-order valence-electron chi connectivity index (χ3n) is 4.93. The lowest BCUT2D eigenvalue weighted by Crippen LogP contribution is -2.46. The van der Waals surface area contributed by atoms with Crippen LogP contribution in [0.5, 0.6) is 0 Å². The Morgan fingerprint density at radius 3 is 3.08 bits per heavy atom. The average Bonchev–Trinajstić information content (AvgIpc) is 3.29. The number of urea groups is 1. The smallest absolute Gasteiger partial charge is 0.317 e. The molecule has 2 aliphatic rings. The summed E-state index contributed by atoms with van der Waals surface area (Å²) in [6, 6.07) is 7.82. The largest absolute Gasteiger partial charge is 0.440 e. The minimum absolute atomic E-state index is 0.0164. The molecule has 4 rings (SSSR count). The molecule has 6 heteroatoms. The molecule has 2 aromatic rings. The summed E-state index contributed by atoms with van der Waals surface area (Å²) in [5.41, 5.74) is 1.70. The lowest BCUT2D eigenvalue weighted by Gasteiger charge is -2.31. The van der Waals surface area contributed by atoms with Crippen molar-refractivity contribution in [2.75, 3.05) is 32.8 Å². The van der Waals surface area contributed by atoms with Gasteiger partial charge in [0.1, 0.15) is 5.52 Å². The fourth-order valence-electron chi connectivity index (χ4n) is 3.52. The number of rotatable bonds is 3. The molecule has 0 radical (unpaired) electrons. The number of hydrogen-bond acceptors (Lipinski definition) is 4. The summed E-state index contributed by atoms with van der Waals surface area (Å²) in [5, 5.41) is 3.05. The van der Waals surface area contributed by atoms with Crippen molar-refractivity contribution in [3.05, 3.63) is 30.2 Å². The summed E-state index contributed by atoms with van der Waals surface area (Å²) >= 11 is 0. The third-order valence-corrected chi connectivity index (χ3v) is 4.93. The van der Waals surface area contributed by atoms with Gasteiger partial charge in [0.05, 0.1) is 12.5 Å². The van der Waals surface area contributed by atoms with Gasteiger partial charge in [0.15, 0.2) is 11.5 Å². The Bertz CT molecular complexity index is 675. The monoisotopic (exact) mass is 329 g/mol. The second-order valence-electron chi connectivity index (χ2n) is 6.72. The van der Waals surface area contributed by atoms with Crippen LogP contribution in [-0.4, -0.2) is 48.8 Å². The number of ether oxygens (including phenoxy) is 1. The summed E-state index contributed by atoms with van der Waals surface area (Å²) in [6.45, 7) is 3.72. The van der Waals surface area contributed by atoms with E-state index in [1.165, 1.54) is 0 Å². The maximum Gasteiger partial charge on any atom is 0.317 e. The minimum atomic E-state index is 0.0164. The third kappa shape index (κ3) is 3.24. The molecule has 0 aliphatic carbocycles. The summed E-state index contributed by atoms with van der Waals surface area (Å²) < 4.78 is 11.2. The first-order chi connectivity index (χ1) is 11.8. The molecule has 0 unspecified atom stereocenters. The Morgan fingerprint density at radius 2 is 2.25 bits per heavy atom. The van der Waals surface area contributed by atoms with E-state index in [2.05, 4.69) is 10.3 Å². The van der Waals surface area contributed by atoms with Gasteiger partial charge >= 0.3 is 6.03 Å². The molecule has 0 saturated carbocycles. The van der Waals surface area contributed by atoms with Crippen molar-refractivity contribution in [2.24, 2.45) is 5.92 Å². The van der Waals surface area contributed by atoms with Crippen LogP contribution in [0.15, 0.2) is 28.7 Å². The number of carbonyl (C=O) groups is 1. The lowest BCUT2D eigenvalue weighted by molar-refractivity contribution is 0.169. The van der Waals surface area contributed by atoms with Crippen LogP contribution in [0.2, 0.25) is 0 Å². The predicted molar refractivity (Wildman–Crippen MR) is 89.9 cm³/mol. The fourth-order valence-corrected chi connectivity index (χ4v) is 3.52. The van der Waals surface area contributed by atoms with Gasteiger partial charge in [-0.3, -0.25) is 0 Å². The molecule has 2 fully saturated rings. The van der Waals surface area contributed by atoms with Crippen molar-refractivity contribution >= 4 is 17.1 Å². The van der Waals surface area contributed by atoms with Gasteiger partial charge in [0.25, 0.3) is 0 Å². The van der Waals surface area contributed by atoms with E-state index >= 15 is 0 Å². The highest BCUT2D eigenvalue weighted by Crippen LogP contribution is 2.29. The Labute approximate surface area is 141 Å². The molecule has 2 saturated heterocycles. The first-order valence-corrected chi connectivity index (χ1v) is 8.75. The van der Waals surface area contributed by atoms with Gasteiger partial charge in [0.2, 0.25) is 0 Å². The number of nitrogens with one attached hydrogen (secondary N) is 1. The zero-order chi connectivity index (χ0) is 16.4. The Hall–Kier alpha value is -2.08. The SMILES string of the molecule is O=C(NC[C@H]1CCOC1)N1CCC[C@@H](c2nc3ccccc3o2)C1. The minimum Gasteiger partial charge on any atom is -0.440 e. The maximum atomic E-state index is 12.4. The summed E-state index contributed by atoms with van der Waals surface area (Å²) in [7, 11) is 0. The van der Waals surface area contributed by atoms with Gasteiger partial charge in [-0.05, 0) is 31.4 Å². The van der Waals surface area contributed by atoms with Gasteiger partial charge < -0.3 is 19.4 Å². The average molecular weight is 329 g/mol. The predicted octanol–water partition coefficient (Wildman–Crippen LogP) is 2.75. The Balaban J connectivity index is 1.38. The number of aromatic nitrogens is 1. The normalized spacial score (nSPS) is 24.4. The van der Waals surface area contributed by atoms with Crippen molar-refractivity contribution in [3.63, 3.8) is 0 Å². The molecule has 3 heterocycles. The number of piperidine rings is 1. The van der Waals surface area contributed by atoms with Gasteiger partial charge in [-0.1, -0.05) is 12.1 Å². The van der Waals surface area contributed by atoms with Crippen molar-refractivity contribution in [2.45, 2.75) is 25.2 Å². The summed E-state index contributed by atoms with van der Waals surface area (Å²) in [6.07, 6.45) is 3.02. The van der Waals surface area contributed by atoms with Crippen LogP contribution in [0.4, 0.5) is 4.79 Å². The Morgan fingerprint density at radius 1 is 1.33 bits per heavy atom. The van der Waals surface area contributed by atoms with Crippen molar-refractivity contribution in [1.29, 1.82) is 0 Å². The van der Waals surface area contributed by atoms with Gasteiger partial charge in [-0.25, -0.2) is 9.78 Å².